The Morgan fingerprint density at radius 2 is 1.79 bits per heavy atom. The summed E-state index contributed by atoms with van der Waals surface area (Å²) in [5.41, 5.74) is 2.76. The van der Waals surface area contributed by atoms with Gasteiger partial charge in [0.2, 0.25) is 5.71 Å². The van der Waals surface area contributed by atoms with Crippen molar-refractivity contribution in [1.29, 1.82) is 0 Å². The van der Waals surface area contributed by atoms with Crippen molar-refractivity contribution >= 4 is 23.0 Å². The van der Waals surface area contributed by atoms with Gasteiger partial charge in [-0.15, -0.1) is 5.10 Å². The van der Waals surface area contributed by atoms with Gasteiger partial charge in [0.15, 0.2) is 0 Å². The number of nitrogens with one attached hydrogen (secondary N) is 1. The summed E-state index contributed by atoms with van der Waals surface area (Å²) in [7, 11) is 1.61. The Kier molecular flexibility index (Phi) is 6.51. The van der Waals surface area contributed by atoms with E-state index in [1.807, 2.05) is 31.2 Å². The lowest BCUT2D eigenvalue weighted by Crippen LogP contribution is -2.11. The van der Waals surface area contributed by atoms with Crippen LogP contribution in [-0.4, -0.2) is 51.2 Å². The number of benzene rings is 1. The topological polar surface area (TPSA) is 163 Å². The molecule has 2 aromatic heterocycles. The van der Waals surface area contributed by atoms with E-state index in [9.17, 15) is 4.79 Å². The van der Waals surface area contributed by atoms with Gasteiger partial charge in [-0.05, 0) is 36.8 Å². The van der Waals surface area contributed by atoms with E-state index in [4.69, 9.17) is 34.1 Å². The molecule has 148 valence electrons. The van der Waals surface area contributed by atoms with E-state index < -0.39 is 17.6 Å². The second-order valence-electron chi connectivity index (χ2n) is 5.58. The molecule has 1 aromatic carbocycles. The molecule has 0 fully saturated rings. The molecule has 28 heavy (non-hydrogen) atoms. The van der Waals surface area contributed by atoms with E-state index in [1.165, 1.54) is 0 Å². The summed E-state index contributed by atoms with van der Waals surface area (Å²) in [5.74, 6) is -2.89. The van der Waals surface area contributed by atoms with E-state index in [-0.39, 0.29) is 18.7 Å². The minimum absolute atomic E-state index is 0.104. The van der Waals surface area contributed by atoms with Crippen molar-refractivity contribution < 1.29 is 34.1 Å². The third-order valence-corrected chi connectivity index (χ3v) is 3.92. The largest absolute Gasteiger partial charge is 0.497 e. The number of aliphatic hydroxyl groups excluding tert-OH is 1. The van der Waals surface area contributed by atoms with Gasteiger partial charge in [0.05, 0.1) is 18.2 Å². The second-order valence-corrected chi connectivity index (χ2v) is 5.58. The van der Waals surface area contributed by atoms with E-state index in [2.05, 4.69) is 10.2 Å². The van der Waals surface area contributed by atoms with Crippen LogP contribution in [0.1, 0.15) is 11.1 Å². The number of hydrogen-bond acceptors (Lipinski definition) is 7. The molecule has 0 saturated heterocycles. The average Bonchev–Trinajstić information content (AvgIpc) is 3.09. The summed E-state index contributed by atoms with van der Waals surface area (Å²) in [6.07, 6.45) is 0.261. The minimum atomic E-state index is -1.82. The molecule has 10 heteroatoms. The van der Waals surface area contributed by atoms with Gasteiger partial charge in [0.1, 0.15) is 5.75 Å². The zero-order chi connectivity index (χ0) is 20.8. The van der Waals surface area contributed by atoms with Gasteiger partial charge in [-0.1, -0.05) is 0 Å². The van der Waals surface area contributed by atoms with Gasteiger partial charge < -0.3 is 24.5 Å². The number of rotatable bonds is 4. The number of carboxylic acid groups (broad SMARTS) is 2. The van der Waals surface area contributed by atoms with Gasteiger partial charge >= 0.3 is 17.6 Å². The molecular formula is C18H18N2O8. The molecule has 0 unspecified atom stereocenters. The summed E-state index contributed by atoms with van der Waals surface area (Å²) < 4.78 is 10.4. The molecule has 3 aromatic rings. The highest BCUT2D eigenvalue weighted by molar-refractivity contribution is 6.27. The van der Waals surface area contributed by atoms with Crippen LogP contribution in [0, 0.1) is 6.92 Å². The fraction of sp³-hybridized carbons (Fsp3) is 0.222. The highest BCUT2D eigenvalue weighted by Crippen LogP contribution is 2.30. The van der Waals surface area contributed by atoms with Crippen LogP contribution < -0.4 is 10.4 Å². The lowest BCUT2D eigenvalue weighted by Gasteiger charge is -2.06. The van der Waals surface area contributed by atoms with E-state index in [1.54, 1.807) is 7.11 Å². The Morgan fingerprint density at radius 1 is 1.18 bits per heavy atom. The van der Waals surface area contributed by atoms with Crippen LogP contribution in [0.5, 0.6) is 5.75 Å². The maximum Gasteiger partial charge on any atom is 0.414 e. The van der Waals surface area contributed by atoms with Crippen molar-refractivity contribution in [3.8, 4) is 17.0 Å². The Morgan fingerprint density at radius 3 is 2.29 bits per heavy atom. The number of hydrogen-bond donors (Lipinski definition) is 4. The van der Waals surface area contributed by atoms with Crippen molar-refractivity contribution in [2.24, 2.45) is 0 Å². The predicted octanol–water partition coefficient (Wildman–Crippen LogP) is 1.19. The third kappa shape index (κ3) is 4.35. The maximum absolute atomic E-state index is 11.9. The first-order chi connectivity index (χ1) is 13.3. The molecule has 0 aliphatic rings. The summed E-state index contributed by atoms with van der Waals surface area (Å²) >= 11 is 0. The molecule has 0 amide bonds. The van der Waals surface area contributed by atoms with Crippen LogP contribution in [0.15, 0.2) is 33.5 Å². The van der Waals surface area contributed by atoms with Gasteiger partial charge in [-0.25, -0.2) is 14.4 Å². The van der Waals surface area contributed by atoms with Crippen molar-refractivity contribution in [1.82, 2.24) is 10.2 Å². The minimum Gasteiger partial charge on any atom is -0.497 e. The summed E-state index contributed by atoms with van der Waals surface area (Å²) in [5, 5.41) is 31.7. The zero-order valence-corrected chi connectivity index (χ0v) is 15.1. The zero-order valence-electron chi connectivity index (χ0n) is 15.1. The number of methoxy groups -OCH3 is 1. The third-order valence-electron chi connectivity index (χ3n) is 3.92. The molecule has 10 nitrogen and oxygen atoms in total. The first kappa shape index (κ1) is 20.6. The standard InChI is InChI=1S/C16H16N2O4.C2H2O4/c1-9-12(7-8-19)16(20)22-15-13(9)14(17-18-15)10-3-5-11(21-2)6-4-10;3-1(4)2(5)6/h3-6,19H,7-8H2,1-2H3,(H,17,18);(H,3,4)(H,5,6). The van der Waals surface area contributed by atoms with Gasteiger partial charge in [-0.3, -0.25) is 5.10 Å². The molecular weight excluding hydrogens is 372 g/mol. The SMILES string of the molecule is COc1ccc(-c2[nH]nc3oc(=O)c(CCO)c(C)c23)cc1.O=C(O)C(=O)O. The lowest BCUT2D eigenvalue weighted by atomic mass is 10.0. The van der Waals surface area contributed by atoms with Crippen molar-refractivity contribution in [2.45, 2.75) is 13.3 Å². The smallest absolute Gasteiger partial charge is 0.414 e. The van der Waals surface area contributed by atoms with Crippen LogP contribution in [0.4, 0.5) is 0 Å². The molecule has 0 spiro atoms. The number of H-pyrrole nitrogens is 1. The monoisotopic (exact) mass is 390 g/mol. The highest BCUT2D eigenvalue weighted by Gasteiger charge is 2.17. The molecule has 0 aliphatic carbocycles. The number of aromatic amines is 1. The number of aliphatic carboxylic acids is 2. The molecule has 0 bridgehead atoms. The lowest BCUT2D eigenvalue weighted by molar-refractivity contribution is -0.159. The number of ether oxygens (including phenoxy) is 1. The summed E-state index contributed by atoms with van der Waals surface area (Å²) in [6.45, 7) is 1.74. The second kappa shape index (κ2) is 8.82. The average molecular weight is 390 g/mol. The number of nitrogens with zero attached hydrogens (tertiary/aromatic N) is 1. The van der Waals surface area contributed by atoms with Gasteiger partial charge in [-0.2, -0.15) is 0 Å². The van der Waals surface area contributed by atoms with E-state index >= 15 is 0 Å². The Labute approximate surface area is 158 Å². The first-order valence-electron chi connectivity index (χ1n) is 8.02. The molecule has 0 atom stereocenters. The summed E-state index contributed by atoms with van der Waals surface area (Å²) in [4.78, 5) is 30.1. The molecule has 0 radical (unpaired) electrons. The Bertz CT molecular complexity index is 1040. The summed E-state index contributed by atoms with van der Waals surface area (Å²) in [6, 6.07) is 7.51. The van der Waals surface area contributed by atoms with Gasteiger partial charge in [0.25, 0.3) is 0 Å². The molecule has 0 saturated carbocycles. The number of aliphatic hydroxyl groups is 1. The Hall–Kier alpha value is -3.66. The molecule has 0 aliphatic heterocycles. The highest BCUT2D eigenvalue weighted by atomic mass is 16.5. The van der Waals surface area contributed by atoms with Crippen LogP contribution in [-0.2, 0) is 16.0 Å². The molecule has 4 N–H and O–H groups in total. The first-order valence-corrected chi connectivity index (χ1v) is 8.02. The fourth-order valence-corrected chi connectivity index (χ4v) is 2.57. The predicted molar refractivity (Wildman–Crippen MR) is 97.4 cm³/mol. The number of fused-ring (bicyclic) bond motifs is 1. The fourth-order valence-electron chi connectivity index (χ4n) is 2.57. The van der Waals surface area contributed by atoms with Crippen LogP contribution in [0.25, 0.3) is 22.4 Å². The number of carboxylic acids is 2. The van der Waals surface area contributed by atoms with Crippen LogP contribution >= 0.6 is 0 Å². The van der Waals surface area contributed by atoms with Gasteiger partial charge in [0, 0.05) is 24.2 Å². The maximum atomic E-state index is 11.9. The van der Waals surface area contributed by atoms with Crippen molar-refractivity contribution in [3.05, 3.63) is 45.8 Å². The van der Waals surface area contributed by atoms with E-state index in [0.29, 0.717) is 5.56 Å². The van der Waals surface area contributed by atoms with Crippen molar-refractivity contribution in [2.75, 3.05) is 13.7 Å². The Balaban J connectivity index is 0.000000409. The van der Waals surface area contributed by atoms with Crippen LogP contribution in [0.2, 0.25) is 0 Å². The molecule has 2 heterocycles. The normalized spacial score (nSPS) is 10.2. The van der Waals surface area contributed by atoms with Crippen LogP contribution in [0.3, 0.4) is 0 Å². The molecule has 3 rings (SSSR count). The number of aryl methyl sites for hydroxylation is 1. The quantitative estimate of drug-likeness (QED) is 0.479. The number of carbonyl (C=O) groups is 2. The van der Waals surface area contributed by atoms with Crippen molar-refractivity contribution in [3.63, 3.8) is 0 Å². The number of aromatic nitrogens is 2. The van der Waals surface area contributed by atoms with E-state index in [0.717, 1.165) is 28.0 Å².